The standard InChI is InChI=1S/C23H29N3O6S/c1-25(23(28)32-3)18-10-8-17(9-11-18)24-22(27)20-16-19(12-13-21(20)31-2)33(29,30)26-14-6-4-5-7-15-26/h8-13,16H,4-7,14-15H2,1-3H3,(H,24,27). The van der Waals surface area contributed by atoms with Gasteiger partial charge in [-0.1, -0.05) is 12.8 Å². The van der Waals surface area contributed by atoms with E-state index in [4.69, 9.17) is 4.74 Å². The second kappa shape index (κ2) is 10.7. The number of anilines is 2. The number of nitrogens with one attached hydrogen (secondary N) is 1. The summed E-state index contributed by atoms with van der Waals surface area (Å²) in [6, 6.07) is 10.9. The molecular weight excluding hydrogens is 446 g/mol. The van der Waals surface area contributed by atoms with Crippen molar-refractivity contribution in [1.82, 2.24) is 4.31 Å². The maximum atomic E-state index is 13.2. The highest BCUT2D eigenvalue weighted by Gasteiger charge is 2.27. The third-order valence-electron chi connectivity index (χ3n) is 5.58. The van der Waals surface area contributed by atoms with Gasteiger partial charge in [0.25, 0.3) is 5.91 Å². The number of benzene rings is 2. The molecule has 2 aromatic carbocycles. The summed E-state index contributed by atoms with van der Waals surface area (Å²) in [4.78, 5) is 26.0. The number of hydrogen-bond acceptors (Lipinski definition) is 6. The maximum absolute atomic E-state index is 13.2. The molecule has 1 aliphatic heterocycles. The Labute approximate surface area is 194 Å². The lowest BCUT2D eigenvalue weighted by molar-refractivity contribution is 0.102. The topological polar surface area (TPSA) is 105 Å². The van der Waals surface area contributed by atoms with Crippen molar-refractivity contribution in [1.29, 1.82) is 0 Å². The SMILES string of the molecule is COC(=O)N(C)c1ccc(NC(=O)c2cc(S(=O)(=O)N3CCCCCC3)ccc2OC)cc1. The molecule has 0 radical (unpaired) electrons. The van der Waals surface area contributed by atoms with E-state index in [1.54, 1.807) is 31.3 Å². The summed E-state index contributed by atoms with van der Waals surface area (Å²) in [5, 5.41) is 2.75. The van der Waals surface area contributed by atoms with E-state index in [1.807, 2.05) is 0 Å². The van der Waals surface area contributed by atoms with Crippen LogP contribution in [0.25, 0.3) is 0 Å². The van der Waals surface area contributed by atoms with Gasteiger partial charge in [0.1, 0.15) is 5.75 Å². The van der Waals surface area contributed by atoms with Gasteiger partial charge in [0.15, 0.2) is 0 Å². The minimum Gasteiger partial charge on any atom is -0.496 e. The van der Waals surface area contributed by atoms with E-state index < -0.39 is 22.0 Å². The van der Waals surface area contributed by atoms with Crippen molar-refractivity contribution in [2.24, 2.45) is 0 Å². The van der Waals surface area contributed by atoms with Crippen LogP contribution >= 0.6 is 0 Å². The van der Waals surface area contributed by atoms with Crippen LogP contribution < -0.4 is 15.0 Å². The molecule has 2 amide bonds. The molecule has 0 bridgehead atoms. The lowest BCUT2D eigenvalue weighted by Crippen LogP contribution is -2.32. The molecule has 33 heavy (non-hydrogen) atoms. The van der Waals surface area contributed by atoms with E-state index >= 15 is 0 Å². The highest BCUT2D eigenvalue weighted by Crippen LogP contribution is 2.27. The Hall–Kier alpha value is -3.11. The minimum absolute atomic E-state index is 0.0606. The predicted octanol–water partition coefficient (Wildman–Crippen LogP) is 3.71. The van der Waals surface area contributed by atoms with Gasteiger partial charge in [0.05, 0.1) is 24.7 Å². The summed E-state index contributed by atoms with van der Waals surface area (Å²) in [7, 11) is 0.570. The first kappa shape index (κ1) is 24.5. The Kier molecular flexibility index (Phi) is 7.93. The van der Waals surface area contributed by atoms with Crippen LogP contribution in [0.1, 0.15) is 36.0 Å². The van der Waals surface area contributed by atoms with Gasteiger partial charge in [-0.3, -0.25) is 9.69 Å². The molecule has 10 heteroatoms. The van der Waals surface area contributed by atoms with Gasteiger partial charge in [-0.15, -0.1) is 0 Å². The van der Waals surface area contributed by atoms with Crippen LogP contribution in [0, 0.1) is 0 Å². The Morgan fingerprint density at radius 2 is 1.61 bits per heavy atom. The van der Waals surface area contributed by atoms with Gasteiger partial charge >= 0.3 is 6.09 Å². The number of ether oxygens (including phenoxy) is 2. The van der Waals surface area contributed by atoms with E-state index in [0.717, 1.165) is 25.7 Å². The monoisotopic (exact) mass is 475 g/mol. The maximum Gasteiger partial charge on any atom is 0.413 e. The van der Waals surface area contributed by atoms with Crippen LogP contribution in [0.4, 0.5) is 16.2 Å². The summed E-state index contributed by atoms with van der Waals surface area (Å²) in [6.45, 7) is 0.949. The van der Waals surface area contributed by atoms with Crippen molar-refractivity contribution in [2.75, 3.05) is 44.6 Å². The zero-order valence-electron chi connectivity index (χ0n) is 19.0. The molecule has 1 saturated heterocycles. The van der Waals surface area contributed by atoms with E-state index in [2.05, 4.69) is 10.1 Å². The molecule has 0 aliphatic carbocycles. The lowest BCUT2D eigenvalue weighted by atomic mass is 10.1. The molecule has 2 aromatic rings. The van der Waals surface area contributed by atoms with E-state index in [1.165, 1.54) is 41.6 Å². The van der Waals surface area contributed by atoms with Gasteiger partial charge < -0.3 is 14.8 Å². The second-order valence-electron chi connectivity index (χ2n) is 7.71. The van der Waals surface area contributed by atoms with E-state index in [0.29, 0.717) is 24.5 Å². The number of hydrogen-bond donors (Lipinski definition) is 1. The van der Waals surface area contributed by atoms with Crippen molar-refractivity contribution in [3.8, 4) is 5.75 Å². The predicted molar refractivity (Wildman–Crippen MR) is 125 cm³/mol. The molecular formula is C23H29N3O6S. The molecule has 3 rings (SSSR count). The van der Waals surface area contributed by atoms with Crippen LogP contribution in [-0.4, -0.2) is 59.1 Å². The van der Waals surface area contributed by atoms with Gasteiger partial charge in [0.2, 0.25) is 10.0 Å². The highest BCUT2D eigenvalue weighted by molar-refractivity contribution is 7.89. The number of methoxy groups -OCH3 is 2. The summed E-state index contributed by atoms with van der Waals surface area (Å²) in [5.41, 5.74) is 1.18. The number of nitrogens with zero attached hydrogens (tertiary/aromatic N) is 2. The van der Waals surface area contributed by atoms with Crippen LogP contribution in [0.5, 0.6) is 5.75 Å². The van der Waals surface area contributed by atoms with E-state index in [9.17, 15) is 18.0 Å². The normalized spacial score (nSPS) is 14.8. The Balaban J connectivity index is 1.83. The molecule has 178 valence electrons. The number of carbonyl (C=O) groups is 2. The molecule has 0 saturated carbocycles. The van der Waals surface area contributed by atoms with Crippen LogP contribution in [0.15, 0.2) is 47.4 Å². The first-order chi connectivity index (χ1) is 15.8. The number of carbonyl (C=O) groups excluding carboxylic acids is 2. The molecule has 0 spiro atoms. The third kappa shape index (κ3) is 5.63. The van der Waals surface area contributed by atoms with Crippen molar-refractivity contribution < 1.29 is 27.5 Å². The molecule has 0 aromatic heterocycles. The average molecular weight is 476 g/mol. The molecule has 1 aliphatic rings. The fourth-order valence-corrected chi connectivity index (χ4v) is 5.21. The lowest BCUT2D eigenvalue weighted by Gasteiger charge is -2.20. The highest BCUT2D eigenvalue weighted by atomic mass is 32.2. The fraction of sp³-hybridized carbons (Fsp3) is 0.391. The quantitative estimate of drug-likeness (QED) is 0.683. The first-order valence-electron chi connectivity index (χ1n) is 10.7. The Bertz CT molecular complexity index is 1090. The van der Waals surface area contributed by atoms with Crippen LogP contribution in [-0.2, 0) is 14.8 Å². The summed E-state index contributed by atoms with van der Waals surface area (Å²) >= 11 is 0. The molecule has 9 nitrogen and oxygen atoms in total. The molecule has 1 fully saturated rings. The van der Waals surface area contributed by atoms with Gasteiger partial charge in [0, 0.05) is 31.5 Å². The van der Waals surface area contributed by atoms with Gasteiger partial charge in [-0.25, -0.2) is 13.2 Å². The number of rotatable bonds is 6. The smallest absolute Gasteiger partial charge is 0.413 e. The van der Waals surface area contributed by atoms with Crippen LogP contribution in [0.3, 0.4) is 0 Å². The second-order valence-corrected chi connectivity index (χ2v) is 9.65. The molecule has 0 unspecified atom stereocenters. The zero-order chi connectivity index (χ0) is 24.0. The average Bonchev–Trinajstić information content (AvgIpc) is 3.13. The first-order valence-corrected chi connectivity index (χ1v) is 12.1. The number of amides is 2. The summed E-state index contributed by atoms with van der Waals surface area (Å²) in [5.74, 6) is -0.238. The molecule has 1 heterocycles. The summed E-state index contributed by atoms with van der Waals surface area (Å²) < 4.78 is 37.8. The number of sulfonamides is 1. The van der Waals surface area contributed by atoms with Crippen molar-refractivity contribution in [3.63, 3.8) is 0 Å². The Morgan fingerprint density at radius 3 is 2.18 bits per heavy atom. The van der Waals surface area contributed by atoms with Crippen molar-refractivity contribution >= 4 is 33.4 Å². The molecule has 1 N–H and O–H groups in total. The third-order valence-corrected chi connectivity index (χ3v) is 7.47. The van der Waals surface area contributed by atoms with Gasteiger partial charge in [-0.05, 0) is 55.3 Å². The van der Waals surface area contributed by atoms with Gasteiger partial charge in [-0.2, -0.15) is 4.31 Å². The van der Waals surface area contributed by atoms with Crippen molar-refractivity contribution in [3.05, 3.63) is 48.0 Å². The zero-order valence-corrected chi connectivity index (χ0v) is 19.9. The minimum atomic E-state index is -3.72. The fourth-order valence-electron chi connectivity index (χ4n) is 3.67. The van der Waals surface area contributed by atoms with E-state index in [-0.39, 0.29) is 16.2 Å². The Morgan fingerprint density at radius 1 is 0.970 bits per heavy atom. The largest absolute Gasteiger partial charge is 0.496 e. The molecule has 0 atom stereocenters. The summed E-state index contributed by atoms with van der Waals surface area (Å²) in [6.07, 6.45) is 3.15. The van der Waals surface area contributed by atoms with Crippen LogP contribution in [0.2, 0.25) is 0 Å². The van der Waals surface area contributed by atoms with Crippen molar-refractivity contribution in [2.45, 2.75) is 30.6 Å².